The molecule has 1 heterocycles. The lowest BCUT2D eigenvalue weighted by atomic mass is 9.92. The summed E-state index contributed by atoms with van der Waals surface area (Å²) >= 11 is 5.97. The molecule has 116 valence electrons. The van der Waals surface area contributed by atoms with Crippen molar-refractivity contribution in [3.63, 3.8) is 0 Å². The molecule has 6 nitrogen and oxygen atoms in total. The minimum atomic E-state index is -4.03. The number of halogens is 1. The normalized spacial score (nSPS) is 18.4. The van der Waals surface area contributed by atoms with Crippen molar-refractivity contribution in [3.05, 3.63) is 28.8 Å². The molecule has 2 N–H and O–H groups in total. The average molecular weight is 334 g/mol. The molecule has 0 radical (unpaired) electrons. The van der Waals surface area contributed by atoms with E-state index in [-0.39, 0.29) is 36.0 Å². The first-order valence-corrected chi connectivity index (χ1v) is 8.24. The fourth-order valence-corrected chi connectivity index (χ4v) is 4.23. The molecule has 0 aliphatic carbocycles. The van der Waals surface area contributed by atoms with Crippen molar-refractivity contribution in [3.8, 4) is 0 Å². The van der Waals surface area contributed by atoms with Gasteiger partial charge in [-0.1, -0.05) is 17.7 Å². The lowest BCUT2D eigenvalue weighted by Gasteiger charge is -2.33. The first-order chi connectivity index (χ1) is 9.77. The fourth-order valence-electron chi connectivity index (χ4n) is 2.22. The predicted octanol–water partition coefficient (Wildman–Crippen LogP) is 1.56. The molecule has 1 aromatic rings. The van der Waals surface area contributed by atoms with Crippen LogP contribution in [0, 0.1) is 6.92 Å². The van der Waals surface area contributed by atoms with E-state index in [4.69, 9.17) is 16.3 Å². The van der Waals surface area contributed by atoms with Crippen molar-refractivity contribution < 1.29 is 23.1 Å². The van der Waals surface area contributed by atoms with E-state index in [0.29, 0.717) is 0 Å². The average Bonchev–Trinajstić information content (AvgIpc) is 2.38. The number of benzene rings is 1. The van der Waals surface area contributed by atoms with Crippen LogP contribution < -0.4 is 4.72 Å². The van der Waals surface area contributed by atoms with Crippen LogP contribution in [0.3, 0.4) is 0 Å². The zero-order chi connectivity index (χ0) is 15.7. The van der Waals surface area contributed by atoms with E-state index in [1.165, 1.54) is 12.1 Å². The summed E-state index contributed by atoms with van der Waals surface area (Å²) in [6.45, 7) is 2.17. The number of carboxylic acids is 1. The lowest BCUT2D eigenvalue weighted by Crippen LogP contribution is -2.57. The van der Waals surface area contributed by atoms with Crippen LogP contribution in [-0.2, 0) is 19.6 Å². The molecule has 1 aliphatic rings. The number of ether oxygens (including phenoxy) is 1. The van der Waals surface area contributed by atoms with Gasteiger partial charge in [-0.05, 0) is 24.6 Å². The van der Waals surface area contributed by atoms with E-state index in [1.54, 1.807) is 13.0 Å². The highest BCUT2D eigenvalue weighted by molar-refractivity contribution is 7.89. The van der Waals surface area contributed by atoms with Crippen LogP contribution >= 0.6 is 11.6 Å². The van der Waals surface area contributed by atoms with E-state index < -0.39 is 21.5 Å². The van der Waals surface area contributed by atoms with Gasteiger partial charge in [0.2, 0.25) is 10.0 Å². The zero-order valence-corrected chi connectivity index (χ0v) is 13.0. The Hall–Kier alpha value is -1.15. The maximum absolute atomic E-state index is 12.4. The Bertz CT molecular complexity index is 653. The smallest absolute Gasteiger partial charge is 0.325 e. The maximum Gasteiger partial charge on any atom is 0.325 e. The van der Waals surface area contributed by atoms with E-state index in [2.05, 4.69) is 4.72 Å². The molecule has 2 rings (SSSR count). The number of rotatable bonds is 4. The summed E-state index contributed by atoms with van der Waals surface area (Å²) in [5, 5.41) is 9.46. The van der Waals surface area contributed by atoms with Crippen LogP contribution in [0.25, 0.3) is 0 Å². The second-order valence-electron chi connectivity index (χ2n) is 5.04. The van der Waals surface area contributed by atoms with Gasteiger partial charge in [-0.15, -0.1) is 0 Å². The number of hydrogen-bond donors (Lipinski definition) is 2. The molecule has 21 heavy (non-hydrogen) atoms. The second-order valence-corrected chi connectivity index (χ2v) is 7.10. The van der Waals surface area contributed by atoms with Gasteiger partial charge in [-0.2, -0.15) is 4.72 Å². The summed E-state index contributed by atoms with van der Waals surface area (Å²) in [4.78, 5) is 11.4. The fraction of sp³-hybridized carbons (Fsp3) is 0.462. The molecule has 0 unspecified atom stereocenters. The van der Waals surface area contributed by atoms with Crippen LogP contribution in [0.15, 0.2) is 23.1 Å². The number of carbonyl (C=O) groups is 1. The highest BCUT2D eigenvalue weighted by Gasteiger charge is 2.44. The number of sulfonamides is 1. The third kappa shape index (κ3) is 3.37. The molecule has 0 bridgehead atoms. The third-order valence-electron chi connectivity index (χ3n) is 3.46. The Labute approximate surface area is 128 Å². The Morgan fingerprint density at radius 3 is 2.52 bits per heavy atom. The summed E-state index contributed by atoms with van der Waals surface area (Å²) in [5.41, 5.74) is -0.733. The molecule has 1 fully saturated rings. The molecule has 1 aliphatic heterocycles. The van der Waals surface area contributed by atoms with Crippen LogP contribution in [0.5, 0.6) is 0 Å². The van der Waals surface area contributed by atoms with Crippen molar-refractivity contribution in [1.82, 2.24) is 4.72 Å². The Balaban J connectivity index is 2.37. The van der Waals surface area contributed by atoms with Crippen LogP contribution in [0.1, 0.15) is 18.4 Å². The molecule has 1 aromatic carbocycles. The van der Waals surface area contributed by atoms with E-state index in [1.807, 2.05) is 0 Å². The highest BCUT2D eigenvalue weighted by atomic mass is 35.5. The Kier molecular flexibility index (Phi) is 4.57. The molecule has 0 saturated carbocycles. The van der Waals surface area contributed by atoms with Gasteiger partial charge in [0.15, 0.2) is 0 Å². The van der Waals surface area contributed by atoms with Gasteiger partial charge >= 0.3 is 5.97 Å². The second kappa shape index (κ2) is 5.92. The van der Waals surface area contributed by atoms with Crippen molar-refractivity contribution >= 4 is 27.6 Å². The number of nitrogens with one attached hydrogen (secondary N) is 1. The number of aliphatic carboxylic acids is 1. The molecule has 0 spiro atoms. The molecule has 8 heteroatoms. The number of carboxylic acid groups (broad SMARTS) is 1. The molecule has 0 aromatic heterocycles. The van der Waals surface area contributed by atoms with E-state index >= 15 is 0 Å². The van der Waals surface area contributed by atoms with Gasteiger partial charge in [-0.3, -0.25) is 4.79 Å². The topological polar surface area (TPSA) is 92.7 Å². The van der Waals surface area contributed by atoms with E-state index in [0.717, 1.165) is 5.56 Å². The molecule has 0 atom stereocenters. The monoisotopic (exact) mass is 333 g/mol. The van der Waals surface area contributed by atoms with Gasteiger partial charge in [-0.25, -0.2) is 8.42 Å². The quantitative estimate of drug-likeness (QED) is 0.872. The van der Waals surface area contributed by atoms with Crippen molar-refractivity contribution in [2.75, 3.05) is 13.2 Å². The Morgan fingerprint density at radius 2 is 2.00 bits per heavy atom. The first kappa shape index (κ1) is 16.2. The lowest BCUT2D eigenvalue weighted by molar-refractivity contribution is -0.147. The first-order valence-electron chi connectivity index (χ1n) is 6.38. The summed E-state index contributed by atoms with van der Waals surface area (Å²) in [6, 6.07) is 4.50. The summed E-state index contributed by atoms with van der Waals surface area (Å²) in [5.74, 6) is -1.21. The SMILES string of the molecule is Cc1ccc(S(=O)(=O)NC2(C(=O)O)CCOCC2)c(Cl)c1. The molecule has 1 saturated heterocycles. The summed E-state index contributed by atoms with van der Waals surface area (Å²) < 4.78 is 32.3. The molecular weight excluding hydrogens is 318 g/mol. The summed E-state index contributed by atoms with van der Waals surface area (Å²) in [7, 11) is -4.03. The molecule has 0 amide bonds. The van der Waals surface area contributed by atoms with Gasteiger partial charge in [0.05, 0.1) is 5.02 Å². The van der Waals surface area contributed by atoms with Gasteiger partial charge in [0.25, 0.3) is 0 Å². The standard InChI is InChI=1S/C13H16ClNO5S/c1-9-2-3-11(10(14)8-9)21(18,19)15-13(12(16)17)4-6-20-7-5-13/h2-3,8,15H,4-7H2,1H3,(H,16,17). The highest BCUT2D eigenvalue weighted by Crippen LogP contribution is 2.27. The predicted molar refractivity (Wildman–Crippen MR) is 76.9 cm³/mol. The minimum Gasteiger partial charge on any atom is -0.480 e. The van der Waals surface area contributed by atoms with Gasteiger partial charge < -0.3 is 9.84 Å². The van der Waals surface area contributed by atoms with Crippen LogP contribution in [0.4, 0.5) is 0 Å². The Morgan fingerprint density at radius 1 is 1.38 bits per heavy atom. The van der Waals surface area contributed by atoms with Crippen LogP contribution in [-0.4, -0.2) is 38.2 Å². The summed E-state index contributed by atoms with van der Waals surface area (Å²) in [6.07, 6.45) is 0.149. The van der Waals surface area contributed by atoms with Gasteiger partial charge in [0, 0.05) is 26.1 Å². The van der Waals surface area contributed by atoms with Crippen molar-refractivity contribution in [2.24, 2.45) is 0 Å². The van der Waals surface area contributed by atoms with E-state index in [9.17, 15) is 18.3 Å². The van der Waals surface area contributed by atoms with Gasteiger partial charge in [0.1, 0.15) is 10.4 Å². The third-order valence-corrected chi connectivity index (χ3v) is 5.48. The number of aryl methyl sites for hydroxylation is 1. The van der Waals surface area contributed by atoms with Crippen LogP contribution in [0.2, 0.25) is 5.02 Å². The zero-order valence-electron chi connectivity index (χ0n) is 11.4. The van der Waals surface area contributed by atoms with Crippen molar-refractivity contribution in [1.29, 1.82) is 0 Å². The molecular formula is C13H16ClNO5S. The maximum atomic E-state index is 12.4. The largest absolute Gasteiger partial charge is 0.480 e. The van der Waals surface area contributed by atoms with Crippen molar-refractivity contribution in [2.45, 2.75) is 30.2 Å². The minimum absolute atomic E-state index is 0.0649. The number of hydrogen-bond acceptors (Lipinski definition) is 4.